The minimum absolute atomic E-state index is 0.0793. The van der Waals surface area contributed by atoms with Gasteiger partial charge in [-0.1, -0.05) is 12.1 Å². The Labute approximate surface area is 171 Å². The predicted octanol–water partition coefficient (Wildman–Crippen LogP) is 2.55. The molecule has 4 rings (SSSR count). The molecule has 0 bridgehead atoms. The number of phenols is 1. The molecule has 0 radical (unpaired) electrons. The van der Waals surface area contributed by atoms with Gasteiger partial charge in [0, 0.05) is 25.9 Å². The van der Waals surface area contributed by atoms with Gasteiger partial charge in [-0.2, -0.15) is 5.10 Å². The van der Waals surface area contributed by atoms with Crippen LogP contribution in [0.15, 0.2) is 53.4 Å². The summed E-state index contributed by atoms with van der Waals surface area (Å²) in [5.41, 5.74) is 2.51. The average Bonchev–Trinajstić information content (AvgIpc) is 3.37. The Balaban J connectivity index is 1.49. The number of hydrogen-bond acceptors (Lipinski definition) is 8. The first-order valence-corrected chi connectivity index (χ1v) is 9.10. The first-order chi connectivity index (χ1) is 14.5. The second kappa shape index (κ2) is 8.03. The van der Waals surface area contributed by atoms with Gasteiger partial charge in [-0.25, -0.2) is 15.0 Å². The minimum Gasteiger partial charge on any atom is -0.508 e. The topological polar surface area (TPSA) is 131 Å². The molecule has 152 valence electrons. The lowest BCUT2D eigenvalue weighted by molar-refractivity contribution is 0.0916. The van der Waals surface area contributed by atoms with Crippen LogP contribution in [0.5, 0.6) is 5.75 Å². The molecular weight excluding hydrogens is 386 g/mol. The smallest absolute Gasteiger partial charge is 0.307 e. The SMILES string of the molecule is Cc1cnc(Nc2ccnn2C)nc1-c1coc(C(=O)NCc2cccc(O)c2)n1. The molecule has 3 aromatic heterocycles. The van der Waals surface area contributed by atoms with E-state index in [1.807, 2.05) is 6.92 Å². The number of phenolic OH excluding ortho intramolecular Hbond substituents is 1. The van der Waals surface area contributed by atoms with Gasteiger partial charge in [-0.05, 0) is 30.2 Å². The van der Waals surface area contributed by atoms with Gasteiger partial charge in [0.2, 0.25) is 5.95 Å². The van der Waals surface area contributed by atoms with E-state index in [1.165, 1.54) is 6.26 Å². The molecule has 0 saturated carbocycles. The minimum atomic E-state index is -0.468. The molecule has 1 amide bonds. The van der Waals surface area contributed by atoms with Crippen molar-refractivity contribution in [3.8, 4) is 17.1 Å². The number of oxazole rings is 1. The second-order valence-corrected chi connectivity index (χ2v) is 6.58. The molecule has 0 fully saturated rings. The molecule has 10 nitrogen and oxygen atoms in total. The summed E-state index contributed by atoms with van der Waals surface area (Å²) in [6.07, 6.45) is 4.71. The molecule has 3 N–H and O–H groups in total. The van der Waals surface area contributed by atoms with Crippen molar-refractivity contribution >= 4 is 17.7 Å². The maximum Gasteiger partial charge on any atom is 0.307 e. The molecule has 10 heteroatoms. The van der Waals surface area contributed by atoms with Crippen LogP contribution in [-0.4, -0.2) is 35.7 Å². The fraction of sp³-hybridized carbons (Fsp3) is 0.150. The van der Waals surface area contributed by atoms with Crippen molar-refractivity contribution in [1.82, 2.24) is 30.0 Å². The van der Waals surface area contributed by atoms with E-state index in [-0.39, 0.29) is 18.2 Å². The maximum atomic E-state index is 12.4. The number of nitrogens with zero attached hydrogens (tertiary/aromatic N) is 5. The summed E-state index contributed by atoms with van der Waals surface area (Å²) in [6, 6.07) is 8.43. The van der Waals surface area contributed by atoms with E-state index in [0.717, 1.165) is 16.9 Å². The molecule has 3 heterocycles. The number of carbonyl (C=O) groups excluding carboxylic acids is 1. The van der Waals surface area contributed by atoms with Crippen LogP contribution in [0.2, 0.25) is 0 Å². The van der Waals surface area contributed by atoms with E-state index in [4.69, 9.17) is 4.42 Å². The molecule has 0 aliphatic heterocycles. The molecule has 0 aliphatic rings. The van der Waals surface area contributed by atoms with E-state index >= 15 is 0 Å². The Bertz CT molecular complexity index is 1200. The third-order valence-electron chi connectivity index (χ3n) is 4.34. The van der Waals surface area contributed by atoms with Crippen molar-refractivity contribution in [2.24, 2.45) is 7.05 Å². The van der Waals surface area contributed by atoms with Gasteiger partial charge < -0.3 is 20.2 Å². The second-order valence-electron chi connectivity index (χ2n) is 6.58. The van der Waals surface area contributed by atoms with Gasteiger partial charge >= 0.3 is 5.91 Å². The van der Waals surface area contributed by atoms with Crippen molar-refractivity contribution in [3.05, 3.63) is 66.0 Å². The van der Waals surface area contributed by atoms with Crippen LogP contribution in [0, 0.1) is 6.92 Å². The van der Waals surface area contributed by atoms with E-state index in [2.05, 4.69) is 30.7 Å². The van der Waals surface area contributed by atoms with E-state index in [0.29, 0.717) is 17.3 Å². The van der Waals surface area contributed by atoms with Gasteiger partial charge in [-0.3, -0.25) is 9.48 Å². The van der Waals surface area contributed by atoms with Crippen LogP contribution in [0.1, 0.15) is 21.8 Å². The van der Waals surface area contributed by atoms with Crippen LogP contribution in [-0.2, 0) is 13.6 Å². The molecule has 0 aliphatic carbocycles. The molecular formula is C20H19N7O3. The van der Waals surface area contributed by atoms with Crippen molar-refractivity contribution < 1.29 is 14.3 Å². The zero-order valence-electron chi connectivity index (χ0n) is 16.3. The van der Waals surface area contributed by atoms with Crippen LogP contribution in [0.3, 0.4) is 0 Å². The zero-order valence-corrected chi connectivity index (χ0v) is 16.3. The Morgan fingerprint density at radius 1 is 1.27 bits per heavy atom. The number of aromatic nitrogens is 5. The summed E-state index contributed by atoms with van der Waals surface area (Å²) in [7, 11) is 1.80. The summed E-state index contributed by atoms with van der Waals surface area (Å²) >= 11 is 0. The molecule has 0 spiro atoms. The summed E-state index contributed by atoms with van der Waals surface area (Å²) in [5.74, 6) is 0.692. The molecule has 30 heavy (non-hydrogen) atoms. The van der Waals surface area contributed by atoms with Gasteiger partial charge in [-0.15, -0.1) is 0 Å². The number of carbonyl (C=O) groups is 1. The Morgan fingerprint density at radius 3 is 2.90 bits per heavy atom. The standard InChI is InChI=1S/C20H19N7O3/c1-12-9-22-20(25-16-6-7-23-27(16)2)26-17(12)15-11-30-19(24-15)18(29)21-10-13-4-3-5-14(28)8-13/h3-9,11,28H,10H2,1-2H3,(H,21,29)(H,22,25,26). The number of benzene rings is 1. The fourth-order valence-corrected chi connectivity index (χ4v) is 2.78. The van der Waals surface area contributed by atoms with Gasteiger partial charge in [0.05, 0.1) is 6.20 Å². The van der Waals surface area contributed by atoms with E-state index < -0.39 is 5.91 Å². The Morgan fingerprint density at radius 2 is 2.13 bits per heavy atom. The zero-order chi connectivity index (χ0) is 21.1. The largest absolute Gasteiger partial charge is 0.508 e. The quantitative estimate of drug-likeness (QED) is 0.446. The monoisotopic (exact) mass is 405 g/mol. The summed E-state index contributed by atoms with van der Waals surface area (Å²) in [4.78, 5) is 25.4. The lowest BCUT2D eigenvalue weighted by Gasteiger charge is -2.07. The number of aryl methyl sites for hydroxylation is 2. The van der Waals surface area contributed by atoms with Gasteiger partial charge in [0.15, 0.2) is 0 Å². The highest BCUT2D eigenvalue weighted by Gasteiger charge is 2.17. The summed E-state index contributed by atoms with van der Waals surface area (Å²) in [5, 5.41) is 19.4. The van der Waals surface area contributed by atoms with Crippen LogP contribution >= 0.6 is 0 Å². The number of hydrogen-bond donors (Lipinski definition) is 3. The third-order valence-corrected chi connectivity index (χ3v) is 4.34. The third kappa shape index (κ3) is 4.12. The number of amides is 1. The highest BCUT2D eigenvalue weighted by molar-refractivity contribution is 5.90. The summed E-state index contributed by atoms with van der Waals surface area (Å²) < 4.78 is 7.01. The average molecular weight is 405 g/mol. The summed E-state index contributed by atoms with van der Waals surface area (Å²) in [6.45, 7) is 2.08. The molecule has 1 aromatic carbocycles. The predicted molar refractivity (Wildman–Crippen MR) is 108 cm³/mol. The number of anilines is 2. The fourth-order valence-electron chi connectivity index (χ4n) is 2.78. The highest BCUT2D eigenvalue weighted by atomic mass is 16.4. The van der Waals surface area contributed by atoms with Crippen LogP contribution < -0.4 is 10.6 Å². The van der Waals surface area contributed by atoms with Crippen LogP contribution in [0.25, 0.3) is 11.4 Å². The molecule has 0 unspecified atom stereocenters. The lowest BCUT2D eigenvalue weighted by Crippen LogP contribution is -2.23. The van der Waals surface area contributed by atoms with Gasteiger partial charge in [0.1, 0.15) is 29.2 Å². The van der Waals surface area contributed by atoms with Gasteiger partial charge in [0.25, 0.3) is 5.89 Å². The molecule has 4 aromatic rings. The first kappa shape index (κ1) is 19.1. The highest BCUT2D eigenvalue weighted by Crippen LogP contribution is 2.22. The van der Waals surface area contributed by atoms with Crippen molar-refractivity contribution in [2.75, 3.05) is 5.32 Å². The normalized spacial score (nSPS) is 10.7. The van der Waals surface area contributed by atoms with Crippen LogP contribution in [0.4, 0.5) is 11.8 Å². The number of rotatable bonds is 6. The first-order valence-electron chi connectivity index (χ1n) is 9.10. The Hall–Kier alpha value is -4.21. The maximum absolute atomic E-state index is 12.4. The van der Waals surface area contributed by atoms with E-state index in [9.17, 15) is 9.90 Å². The lowest BCUT2D eigenvalue weighted by atomic mass is 10.2. The Kier molecular flexibility index (Phi) is 5.12. The van der Waals surface area contributed by atoms with Crippen molar-refractivity contribution in [2.45, 2.75) is 13.5 Å². The molecule has 0 atom stereocenters. The van der Waals surface area contributed by atoms with Crippen molar-refractivity contribution in [1.29, 1.82) is 0 Å². The number of aromatic hydroxyl groups is 1. The number of nitrogens with one attached hydrogen (secondary N) is 2. The van der Waals surface area contributed by atoms with E-state index in [1.54, 1.807) is 54.5 Å². The van der Waals surface area contributed by atoms with Crippen molar-refractivity contribution in [3.63, 3.8) is 0 Å². The molecule has 0 saturated heterocycles.